The van der Waals surface area contributed by atoms with Crippen LogP contribution in [-0.2, 0) is 11.2 Å². The number of fused-ring (bicyclic) bond motifs is 1. The normalized spacial score (nSPS) is 10.9. The van der Waals surface area contributed by atoms with Gasteiger partial charge in [0.25, 0.3) is 0 Å². The van der Waals surface area contributed by atoms with Crippen LogP contribution in [0.15, 0.2) is 72.8 Å². The molecule has 0 aliphatic rings. The van der Waals surface area contributed by atoms with Gasteiger partial charge in [-0.15, -0.1) is 0 Å². The van der Waals surface area contributed by atoms with Crippen LogP contribution in [0.5, 0.6) is 5.75 Å². The van der Waals surface area contributed by atoms with Gasteiger partial charge in [0.15, 0.2) is 12.4 Å². The number of aryl methyl sites for hydroxylation is 2. The summed E-state index contributed by atoms with van der Waals surface area (Å²) < 4.78 is 10.6. The standard InChI is InChI=1S/C33H35NO4/c1-4-5-6-7-8-9-24-11-13-25(14-12-24)31-21-29(28-20-23(2)10-19-30(28)34-31)33(36)38-22-32(35)26-15-17-27(37-3)18-16-26/h10-21H,4-9,22H2,1-3H3. The Morgan fingerprint density at radius 2 is 1.58 bits per heavy atom. The summed E-state index contributed by atoms with van der Waals surface area (Å²) >= 11 is 0. The van der Waals surface area contributed by atoms with Crippen LogP contribution in [0.2, 0.25) is 0 Å². The topological polar surface area (TPSA) is 65.5 Å². The highest BCUT2D eigenvalue weighted by molar-refractivity contribution is 6.06. The highest BCUT2D eigenvalue weighted by Crippen LogP contribution is 2.27. The predicted molar refractivity (Wildman–Crippen MR) is 152 cm³/mol. The van der Waals surface area contributed by atoms with E-state index in [1.807, 2.05) is 25.1 Å². The Morgan fingerprint density at radius 1 is 0.842 bits per heavy atom. The second-order valence-corrected chi connectivity index (χ2v) is 9.66. The summed E-state index contributed by atoms with van der Waals surface area (Å²) in [7, 11) is 1.57. The van der Waals surface area contributed by atoms with Crippen molar-refractivity contribution in [1.29, 1.82) is 0 Å². The molecule has 0 fully saturated rings. The number of pyridine rings is 1. The lowest BCUT2D eigenvalue weighted by Gasteiger charge is -2.11. The van der Waals surface area contributed by atoms with Crippen molar-refractivity contribution in [2.75, 3.05) is 13.7 Å². The summed E-state index contributed by atoms with van der Waals surface area (Å²) in [4.78, 5) is 30.7. The van der Waals surface area contributed by atoms with E-state index in [0.29, 0.717) is 33.5 Å². The molecule has 4 aromatic rings. The molecule has 0 saturated heterocycles. The average molecular weight is 510 g/mol. The number of hydrogen-bond acceptors (Lipinski definition) is 5. The van der Waals surface area contributed by atoms with Crippen molar-refractivity contribution in [2.45, 2.75) is 52.4 Å². The number of hydrogen-bond donors (Lipinski definition) is 0. The molecule has 0 saturated carbocycles. The number of rotatable bonds is 12. The number of carbonyl (C=O) groups excluding carboxylic acids is 2. The molecule has 0 N–H and O–H groups in total. The monoisotopic (exact) mass is 509 g/mol. The summed E-state index contributed by atoms with van der Waals surface area (Å²) in [6.45, 7) is 3.85. The summed E-state index contributed by atoms with van der Waals surface area (Å²) in [5.74, 6) is -0.166. The third-order valence-electron chi connectivity index (χ3n) is 6.75. The lowest BCUT2D eigenvalue weighted by molar-refractivity contribution is 0.0476. The van der Waals surface area contributed by atoms with Crippen LogP contribution in [0.25, 0.3) is 22.2 Å². The number of aromatic nitrogens is 1. The van der Waals surface area contributed by atoms with Crippen LogP contribution >= 0.6 is 0 Å². The molecule has 0 aliphatic heterocycles. The van der Waals surface area contributed by atoms with Gasteiger partial charge < -0.3 is 9.47 Å². The van der Waals surface area contributed by atoms with Crippen molar-refractivity contribution in [3.8, 4) is 17.0 Å². The van der Waals surface area contributed by atoms with Crippen molar-refractivity contribution in [3.05, 3.63) is 95.1 Å². The molecule has 0 spiro atoms. The quantitative estimate of drug-likeness (QED) is 0.111. The maximum absolute atomic E-state index is 13.2. The molecule has 0 aliphatic carbocycles. The molecule has 0 unspecified atom stereocenters. The third-order valence-corrected chi connectivity index (χ3v) is 6.75. The van der Waals surface area contributed by atoms with Crippen LogP contribution in [0.4, 0.5) is 0 Å². The number of carbonyl (C=O) groups is 2. The Labute approximate surface area is 224 Å². The SMILES string of the molecule is CCCCCCCc1ccc(-c2cc(C(=O)OCC(=O)c3ccc(OC)cc3)c3cc(C)ccc3n2)cc1. The predicted octanol–water partition coefficient (Wildman–Crippen LogP) is 7.77. The van der Waals surface area contributed by atoms with Crippen LogP contribution in [0, 0.1) is 6.92 Å². The molecule has 0 radical (unpaired) electrons. The van der Waals surface area contributed by atoms with E-state index >= 15 is 0 Å². The van der Waals surface area contributed by atoms with E-state index in [0.717, 1.165) is 17.5 Å². The molecule has 5 heteroatoms. The molecular formula is C33H35NO4. The van der Waals surface area contributed by atoms with Gasteiger partial charge in [0, 0.05) is 16.5 Å². The Bertz CT molecular complexity index is 1390. The zero-order chi connectivity index (χ0) is 26.9. The van der Waals surface area contributed by atoms with Crippen molar-refractivity contribution in [2.24, 2.45) is 0 Å². The molecule has 0 atom stereocenters. The number of esters is 1. The largest absolute Gasteiger partial charge is 0.497 e. The maximum atomic E-state index is 13.2. The van der Waals surface area contributed by atoms with Gasteiger partial charge >= 0.3 is 5.97 Å². The highest BCUT2D eigenvalue weighted by atomic mass is 16.5. The van der Waals surface area contributed by atoms with Crippen molar-refractivity contribution in [3.63, 3.8) is 0 Å². The smallest absolute Gasteiger partial charge is 0.339 e. The minimum absolute atomic E-state index is 0.277. The fourth-order valence-electron chi connectivity index (χ4n) is 4.50. The average Bonchev–Trinajstić information content (AvgIpc) is 2.95. The number of unbranched alkanes of at least 4 members (excludes halogenated alkanes) is 4. The first-order chi connectivity index (χ1) is 18.5. The third kappa shape index (κ3) is 6.86. The fourth-order valence-corrected chi connectivity index (χ4v) is 4.50. The molecule has 1 heterocycles. The number of benzene rings is 3. The number of ether oxygens (including phenoxy) is 2. The number of Topliss-reactive ketones (excluding diaryl/α,β-unsaturated/α-hetero) is 1. The second-order valence-electron chi connectivity index (χ2n) is 9.66. The Kier molecular flexibility index (Phi) is 9.26. The van der Waals surface area contributed by atoms with E-state index in [2.05, 4.69) is 31.2 Å². The first-order valence-corrected chi connectivity index (χ1v) is 13.3. The molecular weight excluding hydrogens is 474 g/mol. The van der Waals surface area contributed by atoms with Crippen LogP contribution < -0.4 is 4.74 Å². The van der Waals surface area contributed by atoms with Gasteiger partial charge in [-0.2, -0.15) is 0 Å². The minimum Gasteiger partial charge on any atom is -0.497 e. The molecule has 38 heavy (non-hydrogen) atoms. The zero-order valence-corrected chi connectivity index (χ0v) is 22.5. The summed E-state index contributed by atoms with van der Waals surface area (Å²) in [6.07, 6.45) is 7.35. The lowest BCUT2D eigenvalue weighted by atomic mass is 10.0. The first kappa shape index (κ1) is 27.1. The molecule has 4 rings (SSSR count). The van der Waals surface area contributed by atoms with E-state index in [9.17, 15) is 9.59 Å². The molecule has 1 aromatic heterocycles. The second kappa shape index (κ2) is 13.0. The van der Waals surface area contributed by atoms with E-state index in [-0.39, 0.29) is 12.4 Å². The van der Waals surface area contributed by atoms with Gasteiger partial charge in [-0.1, -0.05) is 68.5 Å². The first-order valence-electron chi connectivity index (χ1n) is 13.3. The van der Waals surface area contributed by atoms with Gasteiger partial charge in [0.1, 0.15) is 5.75 Å². The Morgan fingerprint density at radius 3 is 2.29 bits per heavy atom. The minimum atomic E-state index is -0.546. The molecule has 196 valence electrons. The summed E-state index contributed by atoms with van der Waals surface area (Å²) in [5, 5.41) is 0.708. The van der Waals surface area contributed by atoms with Crippen LogP contribution in [0.3, 0.4) is 0 Å². The highest BCUT2D eigenvalue weighted by Gasteiger charge is 2.18. The van der Waals surface area contributed by atoms with Crippen LogP contribution in [0.1, 0.15) is 70.9 Å². The Balaban J connectivity index is 1.52. The van der Waals surface area contributed by atoms with E-state index < -0.39 is 5.97 Å². The van der Waals surface area contributed by atoms with Gasteiger partial charge in [-0.3, -0.25) is 4.79 Å². The van der Waals surface area contributed by atoms with E-state index in [1.165, 1.54) is 37.7 Å². The maximum Gasteiger partial charge on any atom is 0.339 e. The van der Waals surface area contributed by atoms with Crippen LogP contribution in [-0.4, -0.2) is 30.5 Å². The van der Waals surface area contributed by atoms with Gasteiger partial charge in [0.2, 0.25) is 0 Å². The zero-order valence-electron chi connectivity index (χ0n) is 22.5. The number of methoxy groups -OCH3 is 1. The molecule has 0 amide bonds. The van der Waals surface area contributed by atoms with Crippen molar-refractivity contribution in [1.82, 2.24) is 4.98 Å². The summed E-state index contributed by atoms with van der Waals surface area (Å²) in [5.41, 5.74) is 5.52. The fraction of sp³-hybridized carbons (Fsp3) is 0.303. The van der Waals surface area contributed by atoms with Gasteiger partial charge in [-0.25, -0.2) is 9.78 Å². The van der Waals surface area contributed by atoms with Crippen molar-refractivity contribution >= 4 is 22.7 Å². The van der Waals surface area contributed by atoms with Gasteiger partial charge in [-0.05, 0) is 67.8 Å². The molecule has 0 bridgehead atoms. The molecule has 5 nitrogen and oxygen atoms in total. The number of nitrogens with zero attached hydrogens (tertiary/aromatic N) is 1. The van der Waals surface area contributed by atoms with Gasteiger partial charge in [0.05, 0.1) is 23.9 Å². The van der Waals surface area contributed by atoms with E-state index in [4.69, 9.17) is 14.5 Å². The lowest BCUT2D eigenvalue weighted by Crippen LogP contribution is -2.15. The summed E-state index contributed by atoms with van der Waals surface area (Å²) in [6, 6.07) is 22.7. The molecule has 3 aromatic carbocycles. The van der Waals surface area contributed by atoms with Crippen molar-refractivity contribution < 1.29 is 19.1 Å². The Hall–Kier alpha value is -3.99. The van der Waals surface area contributed by atoms with E-state index in [1.54, 1.807) is 37.4 Å². The number of ketones is 1.